The van der Waals surface area contributed by atoms with Crippen molar-refractivity contribution in [1.29, 1.82) is 0 Å². The van der Waals surface area contributed by atoms with Gasteiger partial charge in [0.15, 0.2) is 0 Å². The second kappa shape index (κ2) is 17.1. The van der Waals surface area contributed by atoms with Gasteiger partial charge in [0, 0.05) is 0 Å². The first-order valence-electron chi connectivity index (χ1n) is 9.47. The monoisotopic (exact) mass is 284 g/mol. The highest BCUT2D eigenvalue weighted by molar-refractivity contribution is 4.55. The maximum atomic E-state index is 2.40. The first-order valence-corrected chi connectivity index (χ1v) is 9.47. The molecule has 0 rings (SSSR count). The first kappa shape index (κ1) is 22.3. The Morgan fingerprint density at radius 1 is 0.550 bits per heavy atom. The molecule has 0 heteroatoms. The average molecular weight is 285 g/mol. The van der Waals surface area contributed by atoms with Crippen LogP contribution in [0.5, 0.6) is 0 Å². The zero-order chi connectivity index (χ0) is 15.8. The van der Waals surface area contributed by atoms with Gasteiger partial charge in [-0.1, -0.05) is 113 Å². The normalized spacial score (nSPS) is 13.8. The molecule has 0 saturated carbocycles. The summed E-state index contributed by atoms with van der Waals surface area (Å²) in [5.74, 6) is 2.81. The van der Waals surface area contributed by atoms with Gasteiger partial charge < -0.3 is 0 Å². The van der Waals surface area contributed by atoms with E-state index in [9.17, 15) is 0 Å². The van der Waals surface area contributed by atoms with E-state index in [0.29, 0.717) is 0 Å². The Hall–Kier alpha value is 0. The van der Waals surface area contributed by atoms with Crippen LogP contribution in [-0.2, 0) is 0 Å². The standard InChI is InChI=1S/C12H26.C8H18/c1-5-6-9-12(4)10-7-8-11(2)3;1-4-6-7-8(3)5-2/h11-12H,5-10H2,1-4H3;8H,4-7H2,1-3H3. The van der Waals surface area contributed by atoms with Gasteiger partial charge in [0.25, 0.3) is 0 Å². The fraction of sp³-hybridized carbons (Fsp3) is 1.00. The summed E-state index contributed by atoms with van der Waals surface area (Å²) in [5.41, 5.74) is 0. The summed E-state index contributed by atoms with van der Waals surface area (Å²) in [6.07, 6.45) is 14.0. The van der Waals surface area contributed by atoms with Crippen LogP contribution < -0.4 is 0 Å². The van der Waals surface area contributed by atoms with E-state index < -0.39 is 0 Å². The summed E-state index contributed by atoms with van der Waals surface area (Å²) in [5, 5.41) is 0. The third-order valence-corrected chi connectivity index (χ3v) is 4.28. The van der Waals surface area contributed by atoms with Gasteiger partial charge in [0.2, 0.25) is 0 Å². The highest BCUT2D eigenvalue weighted by Crippen LogP contribution is 2.17. The molecular formula is C20H44. The first-order chi connectivity index (χ1) is 9.47. The molecule has 0 bridgehead atoms. The minimum Gasteiger partial charge on any atom is -0.0654 e. The number of unbranched alkanes of at least 4 members (excludes halogenated alkanes) is 2. The Morgan fingerprint density at radius 2 is 1.00 bits per heavy atom. The second-order valence-electron chi connectivity index (χ2n) is 7.23. The summed E-state index contributed by atoms with van der Waals surface area (Å²) in [6, 6.07) is 0. The molecule has 0 aliphatic heterocycles. The lowest BCUT2D eigenvalue weighted by Crippen LogP contribution is -1.96. The van der Waals surface area contributed by atoms with E-state index in [2.05, 4.69) is 48.5 Å². The van der Waals surface area contributed by atoms with Crippen LogP contribution in [-0.4, -0.2) is 0 Å². The molecule has 0 amide bonds. The topological polar surface area (TPSA) is 0 Å². The van der Waals surface area contributed by atoms with Gasteiger partial charge >= 0.3 is 0 Å². The van der Waals surface area contributed by atoms with Crippen molar-refractivity contribution in [3.05, 3.63) is 0 Å². The van der Waals surface area contributed by atoms with Crippen molar-refractivity contribution in [1.82, 2.24) is 0 Å². The molecular weight excluding hydrogens is 240 g/mol. The van der Waals surface area contributed by atoms with E-state index in [-0.39, 0.29) is 0 Å². The van der Waals surface area contributed by atoms with Crippen LogP contribution >= 0.6 is 0 Å². The average Bonchev–Trinajstić information content (AvgIpc) is 2.42. The zero-order valence-corrected chi connectivity index (χ0v) is 15.8. The Bertz CT molecular complexity index is 159. The quantitative estimate of drug-likeness (QED) is 0.362. The van der Waals surface area contributed by atoms with Crippen LogP contribution in [0.2, 0.25) is 0 Å². The van der Waals surface area contributed by atoms with E-state index >= 15 is 0 Å². The van der Waals surface area contributed by atoms with E-state index in [1.54, 1.807) is 0 Å². The molecule has 0 aromatic heterocycles. The molecule has 0 aromatic rings. The number of hydrogen-bond donors (Lipinski definition) is 0. The molecule has 0 aliphatic carbocycles. The largest absolute Gasteiger partial charge is 0.0654 e. The summed E-state index contributed by atoms with van der Waals surface area (Å²) in [6.45, 7) is 16.2. The van der Waals surface area contributed by atoms with E-state index in [1.807, 2.05) is 0 Å². The molecule has 0 aromatic carbocycles. The highest BCUT2D eigenvalue weighted by Gasteiger charge is 2.01. The van der Waals surface area contributed by atoms with Crippen molar-refractivity contribution in [3.63, 3.8) is 0 Å². The van der Waals surface area contributed by atoms with E-state index in [0.717, 1.165) is 17.8 Å². The lowest BCUT2D eigenvalue weighted by molar-refractivity contribution is 0.425. The SMILES string of the molecule is CCCCC(C)CC.CCCCC(C)CCCC(C)C. The van der Waals surface area contributed by atoms with Gasteiger partial charge in [-0.25, -0.2) is 0 Å². The molecule has 0 aliphatic rings. The molecule has 0 radical (unpaired) electrons. The predicted octanol–water partition coefficient (Wildman–Crippen LogP) is 7.86. The Balaban J connectivity index is 0. The smallest absolute Gasteiger partial charge is 0.0443 e. The summed E-state index contributed by atoms with van der Waals surface area (Å²) in [7, 11) is 0. The van der Waals surface area contributed by atoms with Gasteiger partial charge in [-0.15, -0.1) is 0 Å². The summed E-state index contributed by atoms with van der Waals surface area (Å²) in [4.78, 5) is 0. The van der Waals surface area contributed by atoms with Crippen molar-refractivity contribution in [2.24, 2.45) is 17.8 Å². The number of hydrogen-bond acceptors (Lipinski definition) is 0. The molecule has 0 heterocycles. The lowest BCUT2D eigenvalue weighted by Gasteiger charge is -2.11. The maximum absolute atomic E-state index is 2.40. The van der Waals surface area contributed by atoms with Crippen molar-refractivity contribution in [2.45, 2.75) is 113 Å². The molecule has 0 nitrogen and oxygen atoms in total. The van der Waals surface area contributed by atoms with Crippen LogP contribution in [0.3, 0.4) is 0 Å². The third-order valence-electron chi connectivity index (χ3n) is 4.28. The van der Waals surface area contributed by atoms with Crippen LogP contribution in [0.25, 0.3) is 0 Å². The summed E-state index contributed by atoms with van der Waals surface area (Å²) < 4.78 is 0. The molecule has 0 saturated heterocycles. The van der Waals surface area contributed by atoms with E-state index in [1.165, 1.54) is 64.2 Å². The zero-order valence-electron chi connectivity index (χ0n) is 15.8. The summed E-state index contributed by atoms with van der Waals surface area (Å²) >= 11 is 0. The fourth-order valence-corrected chi connectivity index (χ4v) is 2.33. The minimum absolute atomic E-state index is 0.892. The second-order valence-corrected chi connectivity index (χ2v) is 7.23. The number of rotatable bonds is 11. The van der Waals surface area contributed by atoms with Crippen LogP contribution in [0.1, 0.15) is 113 Å². The molecule has 20 heavy (non-hydrogen) atoms. The predicted molar refractivity (Wildman–Crippen MR) is 96.4 cm³/mol. The Kier molecular flexibility index (Phi) is 19.0. The van der Waals surface area contributed by atoms with Crippen LogP contribution in [0.15, 0.2) is 0 Å². The van der Waals surface area contributed by atoms with Crippen molar-refractivity contribution in [2.75, 3.05) is 0 Å². The molecule has 124 valence electrons. The van der Waals surface area contributed by atoms with Gasteiger partial charge in [0.1, 0.15) is 0 Å². The van der Waals surface area contributed by atoms with Crippen LogP contribution in [0, 0.1) is 17.8 Å². The van der Waals surface area contributed by atoms with Crippen LogP contribution in [0.4, 0.5) is 0 Å². The van der Waals surface area contributed by atoms with Gasteiger partial charge in [-0.05, 0) is 17.8 Å². The van der Waals surface area contributed by atoms with Crippen molar-refractivity contribution >= 4 is 0 Å². The maximum Gasteiger partial charge on any atom is -0.0443 e. The minimum atomic E-state index is 0.892. The third kappa shape index (κ3) is 20.3. The van der Waals surface area contributed by atoms with Crippen molar-refractivity contribution in [3.8, 4) is 0 Å². The molecule has 2 atom stereocenters. The molecule has 2 unspecified atom stereocenters. The van der Waals surface area contributed by atoms with Crippen molar-refractivity contribution < 1.29 is 0 Å². The van der Waals surface area contributed by atoms with Gasteiger partial charge in [-0.2, -0.15) is 0 Å². The lowest BCUT2D eigenvalue weighted by atomic mass is 9.96. The Labute approximate surface area is 131 Å². The van der Waals surface area contributed by atoms with E-state index in [4.69, 9.17) is 0 Å². The molecule has 0 fully saturated rings. The fourth-order valence-electron chi connectivity index (χ4n) is 2.33. The molecule has 0 N–H and O–H groups in total. The highest BCUT2D eigenvalue weighted by atomic mass is 14.1. The van der Waals surface area contributed by atoms with Gasteiger partial charge in [-0.3, -0.25) is 0 Å². The molecule has 0 spiro atoms. The van der Waals surface area contributed by atoms with Gasteiger partial charge in [0.05, 0.1) is 0 Å². The Morgan fingerprint density at radius 3 is 1.40 bits per heavy atom.